The largest absolute Gasteiger partial charge is 0.493 e. The molecule has 28 heavy (non-hydrogen) atoms. The number of nitriles is 1. The van der Waals surface area contributed by atoms with Gasteiger partial charge in [-0.05, 0) is 47.9 Å². The third-order valence-electron chi connectivity index (χ3n) is 3.78. The first-order valence-electron chi connectivity index (χ1n) is 8.30. The minimum absolute atomic E-state index is 0.155. The number of carbonyl (C=O) groups is 2. The average Bonchev–Trinajstić information content (AvgIpc) is 2.71. The van der Waals surface area contributed by atoms with E-state index in [1.807, 2.05) is 12.1 Å². The lowest BCUT2D eigenvalue weighted by atomic mass is 10.1. The Balaban J connectivity index is 2.08. The fraction of sp³-hybridized carbons (Fsp3) is 0.190. The van der Waals surface area contributed by atoms with Crippen molar-refractivity contribution in [1.82, 2.24) is 0 Å². The Labute approximate surface area is 167 Å². The number of ether oxygens (including phenoxy) is 3. The first kappa shape index (κ1) is 21.0. The van der Waals surface area contributed by atoms with Crippen LogP contribution < -0.4 is 9.47 Å². The lowest BCUT2D eigenvalue weighted by molar-refractivity contribution is -0.136. The number of nitrogens with zero attached hydrogens (tertiary/aromatic N) is 1. The van der Waals surface area contributed by atoms with Crippen LogP contribution in [0.3, 0.4) is 0 Å². The van der Waals surface area contributed by atoms with Crippen molar-refractivity contribution in [2.24, 2.45) is 0 Å². The van der Waals surface area contributed by atoms with Crippen molar-refractivity contribution in [1.29, 1.82) is 5.26 Å². The second-order valence-corrected chi connectivity index (χ2v) is 6.11. The van der Waals surface area contributed by atoms with Gasteiger partial charge in [0.15, 0.2) is 11.5 Å². The monoisotopic (exact) mass is 399 g/mol. The van der Waals surface area contributed by atoms with Crippen molar-refractivity contribution < 1.29 is 23.8 Å². The molecule has 0 saturated heterocycles. The predicted octanol–water partition coefficient (Wildman–Crippen LogP) is 3.97. The van der Waals surface area contributed by atoms with E-state index in [1.54, 1.807) is 30.3 Å². The second kappa shape index (κ2) is 10.1. The number of halogens is 1. The Kier molecular flexibility index (Phi) is 7.61. The van der Waals surface area contributed by atoms with Crippen LogP contribution in [0.4, 0.5) is 0 Å². The summed E-state index contributed by atoms with van der Waals surface area (Å²) in [5.41, 5.74) is 1.35. The molecule has 0 aliphatic rings. The highest BCUT2D eigenvalue weighted by Crippen LogP contribution is 2.29. The van der Waals surface area contributed by atoms with Gasteiger partial charge in [0.05, 0.1) is 14.2 Å². The number of methoxy groups -OCH3 is 2. The summed E-state index contributed by atoms with van der Waals surface area (Å²) in [6, 6.07) is 13.7. The van der Waals surface area contributed by atoms with Gasteiger partial charge < -0.3 is 14.2 Å². The molecule has 0 unspecified atom stereocenters. The van der Waals surface area contributed by atoms with E-state index in [9.17, 15) is 9.59 Å². The van der Waals surface area contributed by atoms with Gasteiger partial charge in [0.2, 0.25) is 0 Å². The zero-order valence-corrected chi connectivity index (χ0v) is 16.2. The predicted molar refractivity (Wildman–Crippen MR) is 104 cm³/mol. The van der Waals surface area contributed by atoms with Crippen molar-refractivity contribution in [3.05, 3.63) is 64.2 Å². The Hall–Kier alpha value is -3.30. The summed E-state index contributed by atoms with van der Waals surface area (Å²) >= 11 is 5.84. The fourth-order valence-corrected chi connectivity index (χ4v) is 2.47. The molecule has 7 heteroatoms. The van der Waals surface area contributed by atoms with E-state index in [1.165, 1.54) is 26.4 Å². The molecule has 0 atom stereocenters. The van der Waals surface area contributed by atoms with E-state index in [2.05, 4.69) is 4.74 Å². The van der Waals surface area contributed by atoms with Crippen molar-refractivity contribution in [2.75, 3.05) is 14.2 Å². The lowest BCUT2D eigenvalue weighted by Gasteiger charge is -2.10. The van der Waals surface area contributed by atoms with Crippen molar-refractivity contribution >= 4 is 29.6 Å². The van der Waals surface area contributed by atoms with Gasteiger partial charge in [-0.1, -0.05) is 29.8 Å². The topological polar surface area (TPSA) is 85.6 Å². The quantitative estimate of drug-likeness (QED) is 0.303. The van der Waals surface area contributed by atoms with Crippen LogP contribution >= 0.6 is 11.6 Å². The molecule has 2 aromatic carbocycles. The third kappa shape index (κ3) is 5.86. The highest BCUT2D eigenvalue weighted by atomic mass is 35.5. The molecule has 0 aromatic heterocycles. The van der Waals surface area contributed by atoms with Crippen molar-refractivity contribution in [3.8, 4) is 17.6 Å². The first-order valence-corrected chi connectivity index (χ1v) is 8.68. The van der Waals surface area contributed by atoms with E-state index in [0.29, 0.717) is 22.8 Å². The minimum Gasteiger partial charge on any atom is -0.493 e. The molecular formula is C21H18ClNO5. The van der Waals surface area contributed by atoms with E-state index in [0.717, 1.165) is 5.56 Å². The molecule has 2 aromatic rings. The summed E-state index contributed by atoms with van der Waals surface area (Å²) in [4.78, 5) is 23.6. The number of benzene rings is 2. The number of aryl methyl sites for hydroxylation is 1. The molecule has 0 saturated carbocycles. The molecule has 0 N–H and O–H groups in total. The van der Waals surface area contributed by atoms with Gasteiger partial charge in [-0.15, -0.1) is 0 Å². The summed E-state index contributed by atoms with van der Waals surface area (Å²) in [7, 11) is 2.63. The number of carbonyl (C=O) groups excluding carboxylic acids is 2. The highest BCUT2D eigenvalue weighted by Gasteiger charge is 2.13. The maximum absolute atomic E-state index is 12.1. The maximum Gasteiger partial charge on any atom is 0.348 e. The van der Waals surface area contributed by atoms with Gasteiger partial charge in [0.25, 0.3) is 0 Å². The zero-order chi connectivity index (χ0) is 20.5. The summed E-state index contributed by atoms with van der Waals surface area (Å²) in [6.07, 6.45) is 2.07. The van der Waals surface area contributed by atoms with E-state index in [-0.39, 0.29) is 17.7 Å². The Bertz CT molecular complexity index is 929. The molecule has 6 nitrogen and oxygen atoms in total. The molecule has 2 rings (SSSR count). The number of hydrogen-bond donors (Lipinski definition) is 0. The smallest absolute Gasteiger partial charge is 0.348 e. The standard InChI is InChI=1S/C21H18ClNO5/c1-26-19-12-15(11-16(13-23)21(25)27-2)5-9-18(19)28-20(24)10-6-14-3-7-17(22)8-4-14/h3-5,7-9,11-12H,6,10H2,1-2H3/b16-11+. The van der Waals surface area contributed by atoms with Crippen LogP contribution in [-0.4, -0.2) is 26.2 Å². The van der Waals surface area contributed by atoms with Crippen LogP contribution in [0.2, 0.25) is 5.02 Å². The van der Waals surface area contributed by atoms with E-state index < -0.39 is 11.9 Å². The van der Waals surface area contributed by atoms with Crippen LogP contribution in [0.1, 0.15) is 17.5 Å². The summed E-state index contributed by atoms with van der Waals surface area (Å²) < 4.78 is 15.2. The van der Waals surface area contributed by atoms with Crippen LogP contribution in [0.25, 0.3) is 6.08 Å². The van der Waals surface area contributed by atoms with Gasteiger partial charge in [-0.25, -0.2) is 4.79 Å². The van der Waals surface area contributed by atoms with Gasteiger partial charge >= 0.3 is 11.9 Å². The van der Waals surface area contributed by atoms with Crippen molar-refractivity contribution in [3.63, 3.8) is 0 Å². The molecule has 0 aliphatic carbocycles. The average molecular weight is 400 g/mol. The molecule has 144 valence electrons. The second-order valence-electron chi connectivity index (χ2n) is 5.67. The molecule has 0 heterocycles. The molecule has 0 amide bonds. The fourth-order valence-electron chi connectivity index (χ4n) is 2.34. The summed E-state index contributed by atoms with van der Waals surface area (Å²) in [5, 5.41) is 9.67. The van der Waals surface area contributed by atoms with Gasteiger partial charge in [-0.2, -0.15) is 5.26 Å². The van der Waals surface area contributed by atoms with E-state index in [4.69, 9.17) is 26.3 Å². The van der Waals surface area contributed by atoms with E-state index >= 15 is 0 Å². The van der Waals surface area contributed by atoms with Crippen LogP contribution in [0.5, 0.6) is 11.5 Å². The van der Waals surface area contributed by atoms with Gasteiger partial charge in [0, 0.05) is 11.4 Å². The molecule has 0 aliphatic heterocycles. The van der Waals surface area contributed by atoms with Crippen LogP contribution in [0.15, 0.2) is 48.0 Å². The SMILES string of the molecule is COC(=O)/C(C#N)=C/c1ccc(OC(=O)CCc2ccc(Cl)cc2)c(OC)c1. The molecule has 0 fully saturated rings. The minimum atomic E-state index is -0.737. The molecule has 0 radical (unpaired) electrons. The van der Waals surface area contributed by atoms with Gasteiger partial charge in [-0.3, -0.25) is 4.79 Å². The van der Waals surface area contributed by atoms with Crippen LogP contribution in [-0.2, 0) is 20.7 Å². The molecular weight excluding hydrogens is 382 g/mol. The molecule has 0 bridgehead atoms. The van der Waals surface area contributed by atoms with Crippen LogP contribution in [0, 0.1) is 11.3 Å². The Morgan fingerprint density at radius 2 is 1.82 bits per heavy atom. The summed E-state index contributed by atoms with van der Waals surface area (Å²) in [5.74, 6) is -0.601. The zero-order valence-electron chi connectivity index (χ0n) is 15.4. The Morgan fingerprint density at radius 3 is 2.43 bits per heavy atom. The maximum atomic E-state index is 12.1. The van der Waals surface area contributed by atoms with Crippen molar-refractivity contribution in [2.45, 2.75) is 12.8 Å². The highest BCUT2D eigenvalue weighted by molar-refractivity contribution is 6.30. The number of rotatable bonds is 7. The lowest BCUT2D eigenvalue weighted by Crippen LogP contribution is -2.10. The third-order valence-corrected chi connectivity index (χ3v) is 4.03. The summed E-state index contributed by atoms with van der Waals surface area (Å²) in [6.45, 7) is 0. The molecule has 0 spiro atoms. The normalized spacial score (nSPS) is 10.7. The Morgan fingerprint density at radius 1 is 1.11 bits per heavy atom. The number of hydrogen-bond acceptors (Lipinski definition) is 6. The number of esters is 2. The van der Waals surface area contributed by atoms with Gasteiger partial charge in [0.1, 0.15) is 11.6 Å². The first-order chi connectivity index (χ1) is 13.5.